The van der Waals surface area contributed by atoms with Crippen LogP contribution < -0.4 is 37.2 Å². The molecule has 0 aromatic rings. The van der Waals surface area contributed by atoms with Crippen LogP contribution in [0.3, 0.4) is 0 Å². The first kappa shape index (κ1) is 53.2. The molecule has 0 aromatic heterocycles. The van der Waals surface area contributed by atoms with Crippen LogP contribution in [0.25, 0.3) is 0 Å². The first-order chi connectivity index (χ1) is 0. The molecule has 0 aliphatic heterocycles. The van der Waals surface area contributed by atoms with Gasteiger partial charge in [-0.2, -0.15) is 0 Å². The molecule has 0 aliphatic carbocycles. The van der Waals surface area contributed by atoms with Crippen molar-refractivity contribution in [2.75, 3.05) is 0 Å². The number of hydrogen-bond acceptors (Lipinski definition) is 0. The summed E-state index contributed by atoms with van der Waals surface area (Å²) in [7, 11) is 0. The van der Waals surface area contributed by atoms with E-state index in [1.54, 1.807) is 0 Å². The fourth-order valence-corrected chi connectivity index (χ4v) is 0. The van der Waals surface area contributed by atoms with Crippen molar-refractivity contribution in [2.24, 2.45) is 0 Å². The average Bonchev–Trinajstić information content (AvgIpc) is 0. The third kappa shape index (κ3) is 9.98. The third-order valence-corrected chi connectivity index (χ3v) is 0. The maximum atomic E-state index is 0. The van der Waals surface area contributed by atoms with Crippen molar-refractivity contribution in [1.29, 1.82) is 0 Å². The summed E-state index contributed by atoms with van der Waals surface area (Å²) < 4.78 is 0. The van der Waals surface area contributed by atoms with E-state index < -0.39 is 0 Å². The Morgan fingerprint density at radius 3 is 0.500 bits per heavy atom. The van der Waals surface area contributed by atoms with Gasteiger partial charge >= 0.3 is 17.4 Å². The van der Waals surface area contributed by atoms with E-state index in [0.717, 1.165) is 0 Å². The molecule has 0 amide bonds. The Morgan fingerprint density at radius 1 is 0.500 bits per heavy atom. The van der Waals surface area contributed by atoms with Crippen LogP contribution in [0.1, 0.15) is 0 Å². The van der Waals surface area contributed by atoms with Crippen LogP contribution in [0.4, 0.5) is 0 Å². The normalized spacial score (nSPS) is 0. The molecule has 4 heavy (non-hydrogen) atoms. The predicted octanol–water partition coefficient (Wildman–Crippen LogP) is -8.99. The third-order valence-electron chi connectivity index (χ3n) is 0. The number of rotatable bonds is 0. The van der Waals surface area contributed by atoms with E-state index >= 15 is 0 Å². The molecule has 28 valence electrons. The molecule has 0 fully saturated rings. The van der Waals surface area contributed by atoms with Crippen molar-refractivity contribution in [2.45, 2.75) is 0 Å². The van der Waals surface area contributed by atoms with Crippen molar-refractivity contribution < 1.29 is 54.6 Å². The zero-order valence-electron chi connectivity index (χ0n) is 1.54. The minimum absolute atomic E-state index is 0. The number of hydrogen-bond donors (Lipinski definition) is 0. The maximum Gasteiger partial charge on any atom is 2.00 e. The van der Waals surface area contributed by atoms with Crippen LogP contribution in [-0.4, -0.2) is 0 Å². The number of halogens is 3. The van der Waals surface area contributed by atoms with Gasteiger partial charge in [0.05, 0.1) is 0 Å². The van der Waals surface area contributed by atoms with E-state index in [4.69, 9.17) is 0 Å². The van der Waals surface area contributed by atoms with Crippen LogP contribution in [-0.2, 0) is 17.4 Å². The molecule has 0 rings (SSSR count). The molecule has 0 nitrogen and oxygen atoms in total. The molecule has 0 saturated carbocycles. The van der Waals surface area contributed by atoms with E-state index in [-0.39, 0.29) is 54.6 Å². The van der Waals surface area contributed by atoms with Gasteiger partial charge in [-0.25, -0.2) is 0 Å². The summed E-state index contributed by atoms with van der Waals surface area (Å²) in [5.41, 5.74) is 0. The minimum atomic E-state index is 0. The van der Waals surface area contributed by atoms with Crippen molar-refractivity contribution >= 4 is 0 Å². The zero-order chi connectivity index (χ0) is 0. The van der Waals surface area contributed by atoms with Gasteiger partial charge in [-0.15, -0.1) is 0 Å². The molecule has 0 unspecified atom stereocenters. The van der Waals surface area contributed by atoms with Gasteiger partial charge in [-0.1, -0.05) is 0 Å². The SMILES string of the molecule is [Cl-].[Cl-].[Cl-].[Cr+2]. The molecule has 0 saturated heterocycles. The first-order valence-electron chi connectivity index (χ1n) is 0. The van der Waals surface area contributed by atoms with E-state index in [1.165, 1.54) is 0 Å². The fourth-order valence-electron chi connectivity index (χ4n) is 0. The van der Waals surface area contributed by atoms with Gasteiger partial charge in [0.2, 0.25) is 0 Å². The summed E-state index contributed by atoms with van der Waals surface area (Å²) in [4.78, 5) is 0. The Kier molecular flexibility index (Phi) is 345. The van der Waals surface area contributed by atoms with E-state index in [9.17, 15) is 0 Å². The monoisotopic (exact) mass is 157 g/mol. The Bertz CT molecular complexity index is 3.25. The smallest absolute Gasteiger partial charge is 1.00 e. The van der Waals surface area contributed by atoms with E-state index in [0.29, 0.717) is 0 Å². The van der Waals surface area contributed by atoms with Gasteiger partial charge < -0.3 is 37.2 Å². The van der Waals surface area contributed by atoms with Gasteiger partial charge in [0.25, 0.3) is 0 Å². The molecule has 4 heteroatoms. The summed E-state index contributed by atoms with van der Waals surface area (Å²) in [6, 6.07) is 0. The van der Waals surface area contributed by atoms with Gasteiger partial charge in [0, 0.05) is 0 Å². The summed E-state index contributed by atoms with van der Waals surface area (Å²) in [5.74, 6) is 0. The summed E-state index contributed by atoms with van der Waals surface area (Å²) in [5, 5.41) is 0. The fraction of sp³-hybridized carbons (Fsp3) is 0. The average molecular weight is 158 g/mol. The largest absolute Gasteiger partial charge is 2.00 e. The molecule has 0 N–H and O–H groups in total. The second-order valence-electron chi connectivity index (χ2n) is 0. The summed E-state index contributed by atoms with van der Waals surface area (Å²) in [6.45, 7) is 0. The Hall–Kier alpha value is 1.40. The van der Waals surface area contributed by atoms with E-state index in [2.05, 4.69) is 0 Å². The molecule has 0 aliphatic rings. The molecular weight excluding hydrogens is 158 g/mol. The van der Waals surface area contributed by atoms with Crippen molar-refractivity contribution in [1.82, 2.24) is 0 Å². The quantitative estimate of drug-likeness (QED) is 0.328. The van der Waals surface area contributed by atoms with E-state index in [1.807, 2.05) is 0 Å². The molecule has 0 radical (unpaired) electrons. The van der Waals surface area contributed by atoms with Crippen LogP contribution in [0.2, 0.25) is 0 Å². The molecular formula is Cl3Cr-. The van der Waals surface area contributed by atoms with Crippen LogP contribution in [0.15, 0.2) is 0 Å². The van der Waals surface area contributed by atoms with Gasteiger partial charge in [0.15, 0.2) is 0 Å². The Labute approximate surface area is 54.7 Å². The minimum Gasteiger partial charge on any atom is -1.00 e. The van der Waals surface area contributed by atoms with Gasteiger partial charge in [0.1, 0.15) is 0 Å². The van der Waals surface area contributed by atoms with Crippen LogP contribution in [0, 0.1) is 0 Å². The summed E-state index contributed by atoms with van der Waals surface area (Å²) in [6.07, 6.45) is 0. The van der Waals surface area contributed by atoms with Crippen LogP contribution >= 0.6 is 0 Å². The Balaban J connectivity index is 0. The van der Waals surface area contributed by atoms with Gasteiger partial charge in [-0.3, -0.25) is 0 Å². The summed E-state index contributed by atoms with van der Waals surface area (Å²) >= 11 is 0. The van der Waals surface area contributed by atoms with Gasteiger partial charge in [-0.05, 0) is 0 Å². The molecule has 0 atom stereocenters. The first-order valence-corrected chi connectivity index (χ1v) is 0. The second-order valence-corrected chi connectivity index (χ2v) is 0. The van der Waals surface area contributed by atoms with Crippen molar-refractivity contribution in [3.05, 3.63) is 0 Å². The van der Waals surface area contributed by atoms with Crippen molar-refractivity contribution in [3.8, 4) is 0 Å². The van der Waals surface area contributed by atoms with Crippen LogP contribution in [0.5, 0.6) is 0 Å². The Morgan fingerprint density at radius 2 is 0.500 bits per heavy atom. The molecule has 0 heterocycles. The predicted molar refractivity (Wildman–Crippen MR) is 0 cm³/mol. The zero-order valence-corrected chi connectivity index (χ0v) is 5.08. The molecule has 0 aromatic carbocycles. The maximum absolute atomic E-state index is 0. The molecule has 0 spiro atoms. The second kappa shape index (κ2) is 25.9. The molecule has 0 bridgehead atoms. The standard InChI is InChI=1S/3ClH.Cr/h3*1H;/q;;;+2/p-3. The van der Waals surface area contributed by atoms with Crippen molar-refractivity contribution in [3.63, 3.8) is 0 Å². The topological polar surface area (TPSA) is 0 Å².